The lowest BCUT2D eigenvalue weighted by Gasteiger charge is -2.11. The second kappa shape index (κ2) is 6.85. The van der Waals surface area contributed by atoms with E-state index in [0.717, 1.165) is 42.3 Å². The van der Waals surface area contributed by atoms with Crippen LogP contribution in [0.1, 0.15) is 11.3 Å². The van der Waals surface area contributed by atoms with E-state index in [9.17, 15) is 0 Å². The first-order valence-electron chi connectivity index (χ1n) is 6.27. The molecular weight excluding hydrogens is 242 g/mol. The maximum Gasteiger partial charge on any atom is 0.123 e. The van der Waals surface area contributed by atoms with Crippen LogP contribution in [-0.2, 0) is 13.0 Å². The molecular formula is C15H19NO3. The van der Waals surface area contributed by atoms with Crippen molar-refractivity contribution in [3.05, 3.63) is 47.9 Å². The third-order valence-electron chi connectivity index (χ3n) is 2.93. The number of ether oxygens (including phenoxy) is 2. The molecule has 4 nitrogen and oxygen atoms in total. The molecule has 19 heavy (non-hydrogen) atoms. The van der Waals surface area contributed by atoms with Crippen molar-refractivity contribution >= 4 is 0 Å². The quantitative estimate of drug-likeness (QED) is 0.778. The van der Waals surface area contributed by atoms with Gasteiger partial charge in [0.1, 0.15) is 17.3 Å². The average molecular weight is 261 g/mol. The van der Waals surface area contributed by atoms with Crippen LogP contribution in [0.3, 0.4) is 0 Å². The highest BCUT2D eigenvalue weighted by atomic mass is 16.5. The Morgan fingerprint density at radius 2 is 2.05 bits per heavy atom. The summed E-state index contributed by atoms with van der Waals surface area (Å²) in [6.07, 6.45) is 2.57. The van der Waals surface area contributed by atoms with E-state index in [4.69, 9.17) is 13.9 Å². The van der Waals surface area contributed by atoms with Crippen LogP contribution in [0.2, 0.25) is 0 Å². The highest BCUT2D eigenvalue weighted by Gasteiger charge is 2.04. The molecule has 2 aromatic rings. The van der Waals surface area contributed by atoms with Gasteiger partial charge in [0.2, 0.25) is 0 Å². The lowest BCUT2D eigenvalue weighted by Crippen LogP contribution is -2.17. The molecule has 0 atom stereocenters. The lowest BCUT2D eigenvalue weighted by atomic mass is 10.2. The van der Waals surface area contributed by atoms with Gasteiger partial charge >= 0.3 is 0 Å². The van der Waals surface area contributed by atoms with Gasteiger partial charge in [-0.25, -0.2) is 0 Å². The van der Waals surface area contributed by atoms with E-state index in [1.165, 1.54) is 0 Å². The molecule has 0 aliphatic carbocycles. The molecule has 0 saturated carbocycles. The normalized spacial score (nSPS) is 10.4. The van der Waals surface area contributed by atoms with E-state index in [1.54, 1.807) is 20.5 Å². The molecule has 1 aromatic carbocycles. The largest absolute Gasteiger partial charge is 0.497 e. The molecule has 0 bridgehead atoms. The summed E-state index contributed by atoms with van der Waals surface area (Å²) in [6.45, 7) is 1.59. The Labute approximate surface area is 113 Å². The monoisotopic (exact) mass is 261 g/mol. The minimum absolute atomic E-state index is 0.737. The first-order valence-corrected chi connectivity index (χ1v) is 6.27. The van der Waals surface area contributed by atoms with Gasteiger partial charge in [0.05, 0.1) is 20.5 Å². The van der Waals surface area contributed by atoms with Crippen LogP contribution in [-0.4, -0.2) is 20.8 Å². The predicted molar refractivity (Wildman–Crippen MR) is 73.7 cm³/mol. The third kappa shape index (κ3) is 3.76. The van der Waals surface area contributed by atoms with E-state index in [1.807, 2.05) is 30.3 Å². The minimum atomic E-state index is 0.737. The summed E-state index contributed by atoms with van der Waals surface area (Å²) in [7, 11) is 3.34. The fourth-order valence-corrected chi connectivity index (χ4v) is 1.91. The maximum atomic E-state index is 5.33. The number of hydrogen-bond donors (Lipinski definition) is 1. The van der Waals surface area contributed by atoms with Crippen molar-refractivity contribution < 1.29 is 13.9 Å². The van der Waals surface area contributed by atoms with E-state index in [2.05, 4.69) is 5.32 Å². The van der Waals surface area contributed by atoms with Gasteiger partial charge in [-0.3, -0.25) is 0 Å². The first kappa shape index (κ1) is 13.5. The highest BCUT2D eigenvalue weighted by Crippen LogP contribution is 2.23. The first-order chi connectivity index (χ1) is 9.33. The van der Waals surface area contributed by atoms with Crippen molar-refractivity contribution in [1.82, 2.24) is 5.32 Å². The molecule has 0 amide bonds. The SMILES string of the molecule is COc1ccc(OC)c(CNCCc2ccco2)c1. The molecule has 2 rings (SSSR count). The Kier molecular flexibility index (Phi) is 4.86. The fourth-order valence-electron chi connectivity index (χ4n) is 1.91. The predicted octanol–water partition coefficient (Wildman–Crippen LogP) is 2.63. The summed E-state index contributed by atoms with van der Waals surface area (Å²) in [5, 5.41) is 3.37. The number of methoxy groups -OCH3 is 2. The molecule has 0 radical (unpaired) electrons. The zero-order chi connectivity index (χ0) is 13.5. The Morgan fingerprint density at radius 3 is 2.74 bits per heavy atom. The van der Waals surface area contributed by atoms with Crippen LogP contribution < -0.4 is 14.8 Å². The standard InChI is InChI=1S/C15H19NO3/c1-17-14-5-6-15(18-2)12(10-14)11-16-8-7-13-4-3-9-19-13/h3-6,9-10,16H,7-8,11H2,1-2H3. The number of benzene rings is 1. The highest BCUT2D eigenvalue weighted by molar-refractivity contribution is 5.40. The van der Waals surface area contributed by atoms with Crippen molar-refractivity contribution in [2.45, 2.75) is 13.0 Å². The van der Waals surface area contributed by atoms with Crippen molar-refractivity contribution in [3.63, 3.8) is 0 Å². The van der Waals surface area contributed by atoms with Gasteiger partial charge in [-0.15, -0.1) is 0 Å². The zero-order valence-electron chi connectivity index (χ0n) is 11.3. The fraction of sp³-hybridized carbons (Fsp3) is 0.333. The Balaban J connectivity index is 1.87. The molecule has 1 aromatic heterocycles. The summed E-state index contributed by atoms with van der Waals surface area (Å²) >= 11 is 0. The minimum Gasteiger partial charge on any atom is -0.497 e. The zero-order valence-corrected chi connectivity index (χ0v) is 11.3. The van der Waals surface area contributed by atoms with Crippen LogP contribution in [0.15, 0.2) is 41.0 Å². The second-order valence-electron chi connectivity index (χ2n) is 4.18. The molecule has 0 saturated heterocycles. The molecule has 4 heteroatoms. The summed E-state index contributed by atoms with van der Waals surface area (Å²) in [4.78, 5) is 0. The van der Waals surface area contributed by atoms with E-state index in [-0.39, 0.29) is 0 Å². The number of hydrogen-bond acceptors (Lipinski definition) is 4. The molecule has 102 valence electrons. The van der Waals surface area contributed by atoms with Crippen LogP contribution in [0.5, 0.6) is 11.5 Å². The molecule has 1 heterocycles. The summed E-state index contributed by atoms with van der Waals surface area (Å²) < 4.78 is 15.8. The van der Waals surface area contributed by atoms with Crippen LogP contribution in [0.4, 0.5) is 0 Å². The van der Waals surface area contributed by atoms with Gasteiger partial charge in [0.15, 0.2) is 0 Å². The van der Waals surface area contributed by atoms with Gasteiger partial charge < -0.3 is 19.2 Å². The van der Waals surface area contributed by atoms with Crippen LogP contribution in [0.25, 0.3) is 0 Å². The topological polar surface area (TPSA) is 43.6 Å². The number of furan rings is 1. The van der Waals surface area contributed by atoms with Gasteiger partial charge in [-0.05, 0) is 30.3 Å². The molecule has 0 fully saturated rings. The van der Waals surface area contributed by atoms with Crippen molar-refractivity contribution in [1.29, 1.82) is 0 Å². The number of rotatable bonds is 7. The molecule has 0 aliphatic heterocycles. The van der Waals surface area contributed by atoms with Crippen molar-refractivity contribution in [2.24, 2.45) is 0 Å². The molecule has 0 spiro atoms. The van der Waals surface area contributed by atoms with Crippen molar-refractivity contribution in [3.8, 4) is 11.5 Å². The average Bonchev–Trinajstić information content (AvgIpc) is 2.96. The van der Waals surface area contributed by atoms with Gasteiger partial charge in [0, 0.05) is 25.1 Å². The Morgan fingerprint density at radius 1 is 1.16 bits per heavy atom. The van der Waals surface area contributed by atoms with Gasteiger partial charge in [0.25, 0.3) is 0 Å². The molecule has 1 N–H and O–H groups in total. The van der Waals surface area contributed by atoms with E-state index in [0.29, 0.717) is 0 Å². The smallest absolute Gasteiger partial charge is 0.123 e. The lowest BCUT2D eigenvalue weighted by molar-refractivity contribution is 0.397. The maximum absolute atomic E-state index is 5.33. The van der Waals surface area contributed by atoms with Crippen LogP contribution in [0, 0.1) is 0 Å². The summed E-state index contributed by atoms with van der Waals surface area (Å²) in [5.41, 5.74) is 1.08. The van der Waals surface area contributed by atoms with E-state index < -0.39 is 0 Å². The third-order valence-corrected chi connectivity index (χ3v) is 2.93. The van der Waals surface area contributed by atoms with Crippen LogP contribution >= 0.6 is 0 Å². The van der Waals surface area contributed by atoms with Crippen molar-refractivity contribution in [2.75, 3.05) is 20.8 Å². The number of nitrogens with one attached hydrogen (secondary N) is 1. The summed E-state index contributed by atoms with van der Waals surface area (Å²) in [6, 6.07) is 9.68. The van der Waals surface area contributed by atoms with Gasteiger partial charge in [-0.2, -0.15) is 0 Å². The molecule has 0 unspecified atom stereocenters. The summed E-state index contributed by atoms with van der Waals surface area (Å²) in [5.74, 6) is 2.69. The van der Waals surface area contributed by atoms with E-state index >= 15 is 0 Å². The van der Waals surface area contributed by atoms with Gasteiger partial charge in [-0.1, -0.05) is 0 Å². The molecule has 0 aliphatic rings. The Bertz CT molecular complexity index is 494. The second-order valence-corrected chi connectivity index (χ2v) is 4.18. The Hall–Kier alpha value is -1.94.